The Morgan fingerprint density at radius 1 is 1.50 bits per heavy atom. The van der Waals surface area contributed by atoms with Gasteiger partial charge in [0.2, 0.25) is 5.91 Å². The van der Waals surface area contributed by atoms with Crippen molar-refractivity contribution in [2.75, 3.05) is 13.1 Å². The summed E-state index contributed by atoms with van der Waals surface area (Å²) in [6, 6.07) is 0. The molecule has 5 heteroatoms. The lowest BCUT2D eigenvalue weighted by Gasteiger charge is -2.19. The van der Waals surface area contributed by atoms with Crippen molar-refractivity contribution in [1.82, 2.24) is 4.90 Å². The van der Waals surface area contributed by atoms with Crippen molar-refractivity contribution >= 4 is 11.9 Å². The summed E-state index contributed by atoms with van der Waals surface area (Å²) >= 11 is 0. The second kappa shape index (κ2) is 4.71. The molecule has 0 aliphatic heterocycles. The van der Waals surface area contributed by atoms with E-state index >= 15 is 0 Å². The molecule has 12 heavy (non-hydrogen) atoms. The molecule has 0 rings (SSSR count). The highest BCUT2D eigenvalue weighted by Crippen LogP contribution is 1.92. The Hall–Kier alpha value is -1.10. The van der Waals surface area contributed by atoms with Gasteiger partial charge in [-0.3, -0.25) is 9.59 Å². The van der Waals surface area contributed by atoms with Crippen molar-refractivity contribution < 1.29 is 19.8 Å². The van der Waals surface area contributed by atoms with Crippen LogP contribution < -0.4 is 0 Å². The summed E-state index contributed by atoms with van der Waals surface area (Å²) in [5.74, 6) is -1.43. The van der Waals surface area contributed by atoms with Gasteiger partial charge in [-0.1, -0.05) is 0 Å². The molecule has 0 aliphatic carbocycles. The molecular weight excluding hydrogens is 162 g/mol. The van der Waals surface area contributed by atoms with Gasteiger partial charge in [0.25, 0.3) is 0 Å². The Labute approximate surface area is 70.6 Å². The molecule has 70 valence electrons. The van der Waals surface area contributed by atoms with Crippen LogP contribution in [0.1, 0.15) is 13.8 Å². The van der Waals surface area contributed by atoms with Crippen molar-refractivity contribution in [3.05, 3.63) is 0 Å². The maximum Gasteiger partial charge on any atom is 0.323 e. The molecule has 0 spiro atoms. The zero-order valence-electron chi connectivity index (χ0n) is 7.15. The van der Waals surface area contributed by atoms with Gasteiger partial charge in [-0.05, 0) is 6.92 Å². The highest BCUT2D eigenvalue weighted by atomic mass is 16.4. The van der Waals surface area contributed by atoms with Crippen LogP contribution in [0, 0.1) is 0 Å². The van der Waals surface area contributed by atoms with Crippen molar-refractivity contribution in [2.45, 2.75) is 20.0 Å². The fraction of sp³-hybridized carbons (Fsp3) is 0.714. The van der Waals surface area contributed by atoms with Crippen molar-refractivity contribution in [3.8, 4) is 0 Å². The molecule has 5 nitrogen and oxygen atoms in total. The van der Waals surface area contributed by atoms with E-state index in [2.05, 4.69) is 0 Å². The molecule has 0 heterocycles. The van der Waals surface area contributed by atoms with Crippen LogP contribution in [0.25, 0.3) is 0 Å². The standard InChI is InChI=1S/C7H13NO4/c1-5(9)3-8(6(2)10)4-7(11)12/h5,9H,3-4H2,1-2H3,(H,11,12). The van der Waals surface area contributed by atoms with Gasteiger partial charge >= 0.3 is 5.97 Å². The van der Waals surface area contributed by atoms with Crippen LogP contribution in [0.4, 0.5) is 0 Å². The van der Waals surface area contributed by atoms with Crippen LogP contribution in [-0.4, -0.2) is 46.2 Å². The summed E-state index contributed by atoms with van der Waals surface area (Å²) in [7, 11) is 0. The number of rotatable bonds is 4. The van der Waals surface area contributed by atoms with E-state index in [9.17, 15) is 9.59 Å². The first-order valence-corrected chi connectivity index (χ1v) is 3.59. The minimum atomic E-state index is -1.08. The number of aliphatic hydroxyl groups is 1. The molecule has 2 N–H and O–H groups in total. The van der Waals surface area contributed by atoms with Gasteiger partial charge in [0.15, 0.2) is 0 Å². The van der Waals surface area contributed by atoms with Gasteiger partial charge in [-0.15, -0.1) is 0 Å². The van der Waals surface area contributed by atoms with Gasteiger partial charge in [0, 0.05) is 13.5 Å². The third kappa shape index (κ3) is 4.68. The monoisotopic (exact) mass is 175 g/mol. The van der Waals surface area contributed by atoms with Gasteiger partial charge in [-0.25, -0.2) is 0 Å². The molecule has 0 radical (unpaired) electrons. The highest BCUT2D eigenvalue weighted by molar-refractivity contribution is 5.79. The van der Waals surface area contributed by atoms with Crippen LogP contribution in [0.3, 0.4) is 0 Å². The van der Waals surface area contributed by atoms with E-state index in [0.29, 0.717) is 0 Å². The molecule has 1 unspecified atom stereocenters. The molecule has 0 fully saturated rings. The molecule has 0 aliphatic rings. The lowest BCUT2D eigenvalue weighted by Crippen LogP contribution is -2.38. The third-order valence-electron chi connectivity index (χ3n) is 1.26. The second-order valence-electron chi connectivity index (χ2n) is 2.64. The largest absolute Gasteiger partial charge is 0.480 e. The number of carboxylic acids is 1. The number of hydrogen-bond donors (Lipinski definition) is 2. The van der Waals surface area contributed by atoms with Crippen LogP contribution in [0.2, 0.25) is 0 Å². The summed E-state index contributed by atoms with van der Waals surface area (Å²) in [6.45, 7) is 2.46. The highest BCUT2D eigenvalue weighted by Gasteiger charge is 2.14. The summed E-state index contributed by atoms with van der Waals surface area (Å²) in [6.07, 6.45) is -0.701. The Kier molecular flexibility index (Phi) is 4.28. The Morgan fingerprint density at radius 3 is 2.25 bits per heavy atom. The third-order valence-corrected chi connectivity index (χ3v) is 1.26. The maximum atomic E-state index is 10.8. The fourth-order valence-corrected chi connectivity index (χ4v) is 0.787. The summed E-state index contributed by atoms with van der Waals surface area (Å²) in [5, 5.41) is 17.3. The van der Waals surface area contributed by atoms with Gasteiger partial charge in [-0.2, -0.15) is 0 Å². The minimum absolute atomic E-state index is 0.0572. The topological polar surface area (TPSA) is 77.8 Å². The summed E-state index contributed by atoms with van der Waals surface area (Å²) < 4.78 is 0. The van der Waals surface area contributed by atoms with Crippen LogP contribution in [0.15, 0.2) is 0 Å². The van der Waals surface area contributed by atoms with Gasteiger partial charge < -0.3 is 15.1 Å². The number of nitrogens with zero attached hydrogens (tertiary/aromatic N) is 1. The zero-order valence-corrected chi connectivity index (χ0v) is 7.15. The smallest absolute Gasteiger partial charge is 0.323 e. The zero-order chi connectivity index (χ0) is 9.72. The molecule has 0 saturated carbocycles. The predicted octanol–water partition coefficient (Wildman–Crippen LogP) is -0.700. The number of aliphatic carboxylic acids is 1. The van der Waals surface area contributed by atoms with E-state index in [0.717, 1.165) is 4.90 Å². The normalized spacial score (nSPS) is 12.2. The first kappa shape index (κ1) is 10.9. The van der Waals surface area contributed by atoms with Crippen LogP contribution >= 0.6 is 0 Å². The molecular formula is C7H13NO4. The first-order chi connectivity index (χ1) is 5.43. The van der Waals surface area contributed by atoms with E-state index < -0.39 is 12.1 Å². The summed E-state index contributed by atoms with van der Waals surface area (Å²) in [5.41, 5.74) is 0. The lowest BCUT2D eigenvalue weighted by molar-refractivity contribution is -0.144. The molecule has 0 bridgehead atoms. The molecule has 1 atom stereocenters. The van der Waals surface area contributed by atoms with E-state index in [1.54, 1.807) is 0 Å². The number of carbonyl (C=O) groups is 2. The Balaban J connectivity index is 4.04. The Morgan fingerprint density at radius 2 is 2.00 bits per heavy atom. The van der Waals surface area contributed by atoms with Crippen LogP contribution in [-0.2, 0) is 9.59 Å². The molecule has 0 aromatic rings. The van der Waals surface area contributed by atoms with E-state index in [1.165, 1.54) is 13.8 Å². The molecule has 0 saturated heterocycles. The number of amides is 1. The van der Waals surface area contributed by atoms with Gasteiger partial charge in [0.1, 0.15) is 6.54 Å². The summed E-state index contributed by atoms with van der Waals surface area (Å²) in [4.78, 5) is 22.1. The van der Waals surface area contributed by atoms with E-state index in [4.69, 9.17) is 10.2 Å². The average Bonchev–Trinajstić information content (AvgIpc) is 1.83. The van der Waals surface area contributed by atoms with E-state index in [1.807, 2.05) is 0 Å². The predicted molar refractivity (Wildman–Crippen MR) is 41.6 cm³/mol. The number of carboxylic acid groups (broad SMARTS) is 1. The van der Waals surface area contributed by atoms with Crippen molar-refractivity contribution in [1.29, 1.82) is 0 Å². The number of hydrogen-bond acceptors (Lipinski definition) is 3. The lowest BCUT2D eigenvalue weighted by atomic mass is 10.3. The molecule has 0 aromatic heterocycles. The average molecular weight is 175 g/mol. The molecule has 1 amide bonds. The SMILES string of the molecule is CC(=O)N(CC(=O)O)CC(C)O. The van der Waals surface area contributed by atoms with Crippen molar-refractivity contribution in [3.63, 3.8) is 0 Å². The second-order valence-corrected chi connectivity index (χ2v) is 2.64. The van der Waals surface area contributed by atoms with Gasteiger partial charge in [0.05, 0.1) is 6.10 Å². The Bertz CT molecular complexity index is 178. The first-order valence-electron chi connectivity index (χ1n) is 3.59. The van der Waals surface area contributed by atoms with Crippen molar-refractivity contribution in [2.24, 2.45) is 0 Å². The minimum Gasteiger partial charge on any atom is -0.480 e. The molecule has 0 aromatic carbocycles. The fourth-order valence-electron chi connectivity index (χ4n) is 0.787. The number of carbonyl (C=O) groups excluding carboxylic acids is 1. The van der Waals surface area contributed by atoms with Crippen LogP contribution in [0.5, 0.6) is 0 Å². The maximum absolute atomic E-state index is 10.8. The quantitative estimate of drug-likeness (QED) is 0.592. The van der Waals surface area contributed by atoms with E-state index in [-0.39, 0.29) is 19.0 Å². The number of aliphatic hydroxyl groups excluding tert-OH is 1.